The number of hydrogen-bond acceptors (Lipinski definition) is 2. The molecule has 0 aromatic heterocycles. The van der Waals surface area contributed by atoms with Gasteiger partial charge in [0.25, 0.3) is 0 Å². The van der Waals surface area contributed by atoms with Crippen molar-refractivity contribution in [3.05, 3.63) is 34.6 Å². The quantitative estimate of drug-likeness (QED) is 0.860. The van der Waals surface area contributed by atoms with Crippen molar-refractivity contribution in [3.63, 3.8) is 0 Å². The molecule has 1 N–H and O–H groups in total. The Hall–Kier alpha value is -0.930. The van der Waals surface area contributed by atoms with E-state index in [-0.39, 0.29) is 16.7 Å². The Labute approximate surface area is 98.8 Å². The molecule has 0 saturated carbocycles. The highest BCUT2D eigenvalue weighted by atomic mass is 35.5. The molecule has 0 aliphatic carbocycles. The number of ketones is 1. The molecule has 1 aromatic rings. The second-order valence-corrected chi connectivity index (χ2v) is 4.44. The first-order valence-electron chi connectivity index (χ1n) is 5.35. The fraction of sp³-hybridized carbons (Fsp3) is 0.417. The minimum atomic E-state index is -0.400. The predicted octanol–water partition coefficient (Wildman–Crippen LogP) is 2.20. The van der Waals surface area contributed by atoms with Crippen LogP contribution in [0, 0.1) is 11.7 Å². The van der Waals surface area contributed by atoms with Gasteiger partial charge in [0.2, 0.25) is 0 Å². The molecule has 1 aromatic carbocycles. The minimum Gasteiger partial charge on any atom is -0.316 e. The largest absolute Gasteiger partial charge is 0.316 e. The van der Waals surface area contributed by atoms with Crippen LogP contribution >= 0.6 is 11.6 Å². The summed E-state index contributed by atoms with van der Waals surface area (Å²) in [7, 11) is 0. The highest BCUT2D eigenvalue weighted by Crippen LogP contribution is 2.21. The zero-order valence-corrected chi connectivity index (χ0v) is 9.56. The summed E-state index contributed by atoms with van der Waals surface area (Å²) in [4.78, 5) is 11.6. The summed E-state index contributed by atoms with van der Waals surface area (Å²) in [5.41, 5.74) is 0.523. The molecule has 1 heterocycles. The van der Waals surface area contributed by atoms with Crippen LogP contribution in [0.1, 0.15) is 12.0 Å². The second kappa shape index (κ2) is 4.93. The molecule has 0 amide bonds. The van der Waals surface area contributed by atoms with E-state index < -0.39 is 5.82 Å². The Kier molecular flexibility index (Phi) is 3.56. The monoisotopic (exact) mass is 241 g/mol. The summed E-state index contributed by atoms with van der Waals surface area (Å²) in [5.74, 6) is -0.317. The second-order valence-electron chi connectivity index (χ2n) is 4.03. The highest BCUT2D eigenvalue weighted by molar-refractivity contribution is 6.30. The van der Waals surface area contributed by atoms with Gasteiger partial charge >= 0.3 is 0 Å². The first kappa shape index (κ1) is 11.6. The molecule has 2 rings (SSSR count). The number of piperidine rings is 1. The zero-order valence-electron chi connectivity index (χ0n) is 8.80. The Bertz CT molecular complexity index is 408. The molecule has 1 aliphatic rings. The van der Waals surface area contributed by atoms with E-state index in [1.54, 1.807) is 12.1 Å². The first-order chi connectivity index (χ1) is 7.68. The Morgan fingerprint density at radius 2 is 2.31 bits per heavy atom. The lowest BCUT2D eigenvalue weighted by Crippen LogP contribution is -2.38. The van der Waals surface area contributed by atoms with Crippen molar-refractivity contribution in [2.75, 3.05) is 13.1 Å². The van der Waals surface area contributed by atoms with Crippen LogP contribution < -0.4 is 5.32 Å². The van der Waals surface area contributed by atoms with Gasteiger partial charge in [-0.15, -0.1) is 0 Å². The average Bonchev–Trinajstić information content (AvgIpc) is 2.28. The van der Waals surface area contributed by atoms with E-state index in [4.69, 9.17) is 11.6 Å². The van der Waals surface area contributed by atoms with Gasteiger partial charge in [-0.2, -0.15) is 0 Å². The van der Waals surface area contributed by atoms with Crippen LogP contribution in [0.4, 0.5) is 4.39 Å². The lowest BCUT2D eigenvalue weighted by Gasteiger charge is -2.21. The molecule has 86 valence electrons. The fourth-order valence-corrected chi connectivity index (χ4v) is 2.16. The van der Waals surface area contributed by atoms with E-state index in [0.717, 1.165) is 6.54 Å². The van der Waals surface area contributed by atoms with E-state index in [1.165, 1.54) is 6.07 Å². The molecule has 1 aliphatic heterocycles. The maximum Gasteiger partial charge on any atom is 0.144 e. The molecule has 0 bridgehead atoms. The van der Waals surface area contributed by atoms with Crippen molar-refractivity contribution in [2.24, 2.45) is 5.92 Å². The molecule has 1 fully saturated rings. The van der Waals surface area contributed by atoms with Gasteiger partial charge in [0.15, 0.2) is 0 Å². The lowest BCUT2D eigenvalue weighted by atomic mass is 9.91. The number of carbonyl (C=O) groups is 1. The third-order valence-corrected chi connectivity index (χ3v) is 3.18. The van der Waals surface area contributed by atoms with Crippen LogP contribution in [0.15, 0.2) is 18.2 Å². The summed E-state index contributed by atoms with van der Waals surface area (Å²) >= 11 is 5.69. The third-order valence-electron chi connectivity index (χ3n) is 2.89. The molecular formula is C12H13ClFNO. The fourth-order valence-electron chi connectivity index (χ4n) is 1.96. The normalized spacial score (nSPS) is 21.1. The van der Waals surface area contributed by atoms with Gasteiger partial charge in [-0.05, 0) is 18.1 Å². The summed E-state index contributed by atoms with van der Waals surface area (Å²) in [5, 5.41) is 3.26. The maximum atomic E-state index is 13.6. The highest BCUT2D eigenvalue weighted by Gasteiger charge is 2.23. The van der Waals surface area contributed by atoms with Crippen molar-refractivity contribution < 1.29 is 9.18 Å². The van der Waals surface area contributed by atoms with E-state index in [1.807, 2.05) is 0 Å². The summed E-state index contributed by atoms with van der Waals surface area (Å²) < 4.78 is 13.6. The number of benzene rings is 1. The van der Waals surface area contributed by atoms with Crippen molar-refractivity contribution >= 4 is 17.4 Å². The average molecular weight is 242 g/mol. The number of carbonyl (C=O) groups excluding carboxylic acids is 1. The Morgan fingerprint density at radius 3 is 3.06 bits per heavy atom. The number of hydrogen-bond donors (Lipinski definition) is 1. The molecule has 1 saturated heterocycles. The van der Waals surface area contributed by atoms with Crippen LogP contribution in [0.5, 0.6) is 0 Å². The van der Waals surface area contributed by atoms with Gasteiger partial charge in [0.05, 0.1) is 5.02 Å². The minimum absolute atomic E-state index is 0.119. The zero-order chi connectivity index (χ0) is 11.5. The van der Waals surface area contributed by atoms with Crippen molar-refractivity contribution in [1.82, 2.24) is 5.32 Å². The van der Waals surface area contributed by atoms with Crippen LogP contribution in [-0.4, -0.2) is 18.9 Å². The first-order valence-corrected chi connectivity index (χ1v) is 5.72. The van der Waals surface area contributed by atoms with Crippen molar-refractivity contribution in [2.45, 2.75) is 12.8 Å². The van der Waals surface area contributed by atoms with Crippen LogP contribution in [-0.2, 0) is 11.2 Å². The molecule has 1 unspecified atom stereocenters. The van der Waals surface area contributed by atoms with Crippen LogP contribution in [0.25, 0.3) is 0 Å². The SMILES string of the molecule is O=C1CCNCC1Cc1cccc(Cl)c1F. The van der Waals surface area contributed by atoms with Gasteiger partial charge in [0, 0.05) is 25.4 Å². The topological polar surface area (TPSA) is 29.1 Å². The molecule has 0 radical (unpaired) electrons. The summed E-state index contributed by atoms with van der Waals surface area (Å²) in [6.45, 7) is 1.36. The molecule has 4 heteroatoms. The van der Waals surface area contributed by atoms with Gasteiger partial charge in [-0.25, -0.2) is 4.39 Å². The summed E-state index contributed by atoms with van der Waals surface area (Å²) in [6, 6.07) is 4.91. The van der Waals surface area contributed by atoms with Crippen LogP contribution in [0.3, 0.4) is 0 Å². The van der Waals surface area contributed by atoms with Gasteiger partial charge < -0.3 is 5.32 Å². The number of halogens is 2. The molecule has 16 heavy (non-hydrogen) atoms. The van der Waals surface area contributed by atoms with Gasteiger partial charge in [0.1, 0.15) is 11.6 Å². The smallest absolute Gasteiger partial charge is 0.144 e. The predicted molar refractivity (Wildman–Crippen MR) is 61.1 cm³/mol. The maximum absolute atomic E-state index is 13.6. The standard InChI is InChI=1S/C12H13ClFNO/c13-10-3-1-2-8(12(10)14)6-9-7-15-5-4-11(9)16/h1-3,9,15H,4-7H2. The summed E-state index contributed by atoms with van der Waals surface area (Å²) in [6.07, 6.45) is 0.963. The lowest BCUT2D eigenvalue weighted by molar-refractivity contribution is -0.123. The van der Waals surface area contributed by atoms with E-state index in [2.05, 4.69) is 5.32 Å². The number of rotatable bonds is 2. The van der Waals surface area contributed by atoms with E-state index in [9.17, 15) is 9.18 Å². The van der Waals surface area contributed by atoms with E-state index >= 15 is 0 Å². The molecule has 1 atom stereocenters. The number of Topliss-reactive ketones (excluding diaryl/α,β-unsaturated/α-hetero) is 1. The van der Waals surface area contributed by atoms with Crippen molar-refractivity contribution in [1.29, 1.82) is 0 Å². The van der Waals surface area contributed by atoms with Crippen LogP contribution in [0.2, 0.25) is 5.02 Å². The van der Waals surface area contributed by atoms with Crippen molar-refractivity contribution in [3.8, 4) is 0 Å². The van der Waals surface area contributed by atoms with Gasteiger partial charge in [-0.1, -0.05) is 23.7 Å². The molecular weight excluding hydrogens is 229 g/mol. The molecule has 0 spiro atoms. The van der Waals surface area contributed by atoms with E-state index in [0.29, 0.717) is 24.9 Å². The number of nitrogens with one attached hydrogen (secondary N) is 1. The van der Waals surface area contributed by atoms with Gasteiger partial charge in [-0.3, -0.25) is 4.79 Å². The Balaban J connectivity index is 2.14. The third kappa shape index (κ3) is 2.42. The Morgan fingerprint density at radius 1 is 1.50 bits per heavy atom. The molecule has 2 nitrogen and oxygen atoms in total.